The van der Waals surface area contributed by atoms with E-state index >= 15 is 0 Å². The summed E-state index contributed by atoms with van der Waals surface area (Å²) < 4.78 is 16.8. The maximum atomic E-state index is 13.0. The number of unbranched alkanes of at least 4 members (excludes halogenated alkanes) is 1. The lowest BCUT2D eigenvalue weighted by Crippen LogP contribution is -2.44. The van der Waals surface area contributed by atoms with E-state index in [-0.39, 0.29) is 12.5 Å². The van der Waals surface area contributed by atoms with Crippen LogP contribution in [-0.4, -0.2) is 37.3 Å². The molecule has 29 heavy (non-hydrogen) atoms. The summed E-state index contributed by atoms with van der Waals surface area (Å²) in [6, 6.07) is 5.04. The van der Waals surface area contributed by atoms with Crippen LogP contribution in [0.5, 0.6) is 5.75 Å². The second-order valence-electron chi connectivity index (χ2n) is 7.76. The summed E-state index contributed by atoms with van der Waals surface area (Å²) in [5, 5.41) is 2.90. The van der Waals surface area contributed by atoms with E-state index in [9.17, 15) is 9.59 Å². The number of amides is 1. The van der Waals surface area contributed by atoms with Gasteiger partial charge in [0.25, 0.3) is 5.91 Å². The van der Waals surface area contributed by atoms with Gasteiger partial charge in [-0.25, -0.2) is 4.79 Å². The van der Waals surface area contributed by atoms with Crippen molar-refractivity contribution in [2.45, 2.75) is 72.8 Å². The van der Waals surface area contributed by atoms with Crippen molar-refractivity contribution >= 4 is 17.6 Å². The van der Waals surface area contributed by atoms with Crippen LogP contribution in [0.15, 0.2) is 18.2 Å². The van der Waals surface area contributed by atoms with Gasteiger partial charge in [-0.2, -0.15) is 0 Å². The van der Waals surface area contributed by atoms with Crippen molar-refractivity contribution in [3.63, 3.8) is 0 Å². The Morgan fingerprint density at radius 2 is 1.83 bits per heavy atom. The van der Waals surface area contributed by atoms with E-state index in [1.54, 1.807) is 25.1 Å². The molecule has 0 aromatic heterocycles. The minimum Gasteiger partial charge on any atom is -0.493 e. The summed E-state index contributed by atoms with van der Waals surface area (Å²) in [4.78, 5) is 25.4. The minimum absolute atomic E-state index is 0.228. The lowest BCUT2D eigenvalue weighted by molar-refractivity contribution is -0.141. The lowest BCUT2D eigenvalue weighted by Gasteiger charge is -2.30. The van der Waals surface area contributed by atoms with Gasteiger partial charge in [0.15, 0.2) is 0 Å². The summed E-state index contributed by atoms with van der Waals surface area (Å²) in [5.74, 6) is 0.0606. The fraction of sp³-hybridized carbons (Fsp3) is 0.652. The molecule has 1 aromatic rings. The maximum Gasteiger partial charge on any atom is 0.341 e. The molecule has 1 rings (SSSR count). The van der Waals surface area contributed by atoms with Gasteiger partial charge >= 0.3 is 5.97 Å². The van der Waals surface area contributed by atoms with E-state index in [2.05, 4.69) is 26.1 Å². The Kier molecular flexibility index (Phi) is 10.7. The van der Waals surface area contributed by atoms with Gasteiger partial charge in [0.2, 0.25) is 0 Å². The zero-order chi connectivity index (χ0) is 21.9. The molecule has 0 saturated heterocycles. The van der Waals surface area contributed by atoms with Crippen molar-refractivity contribution in [2.75, 3.05) is 25.1 Å². The largest absolute Gasteiger partial charge is 0.493 e. The molecule has 0 aliphatic carbocycles. The number of benzene rings is 1. The van der Waals surface area contributed by atoms with Crippen molar-refractivity contribution in [3.8, 4) is 5.75 Å². The molecule has 164 valence electrons. The number of rotatable bonds is 13. The molecular weight excluding hydrogens is 370 g/mol. The number of anilines is 1. The van der Waals surface area contributed by atoms with Crippen LogP contribution in [0.1, 0.15) is 77.6 Å². The van der Waals surface area contributed by atoms with Gasteiger partial charge in [-0.15, -0.1) is 0 Å². The smallest absolute Gasteiger partial charge is 0.341 e. The Balaban J connectivity index is 3.07. The van der Waals surface area contributed by atoms with Crippen LogP contribution < -0.4 is 10.1 Å². The van der Waals surface area contributed by atoms with E-state index < -0.39 is 11.6 Å². The number of hydrogen-bond donors (Lipinski definition) is 1. The van der Waals surface area contributed by atoms with E-state index in [0.717, 1.165) is 19.3 Å². The Morgan fingerprint density at radius 1 is 1.10 bits per heavy atom. The number of esters is 1. The molecule has 0 spiro atoms. The van der Waals surface area contributed by atoms with E-state index in [4.69, 9.17) is 14.2 Å². The van der Waals surface area contributed by atoms with E-state index in [1.807, 2.05) is 13.8 Å². The van der Waals surface area contributed by atoms with E-state index in [1.165, 1.54) is 0 Å². The molecule has 0 bridgehead atoms. The molecule has 0 aliphatic rings. The summed E-state index contributed by atoms with van der Waals surface area (Å²) in [6.45, 7) is 13.1. The van der Waals surface area contributed by atoms with Crippen LogP contribution in [0.4, 0.5) is 5.69 Å². The summed E-state index contributed by atoms with van der Waals surface area (Å²) in [6.07, 6.45) is 3.32. The molecule has 0 heterocycles. The van der Waals surface area contributed by atoms with Gasteiger partial charge in [-0.3, -0.25) is 4.79 Å². The predicted molar refractivity (Wildman–Crippen MR) is 116 cm³/mol. The van der Waals surface area contributed by atoms with Crippen molar-refractivity contribution in [1.82, 2.24) is 0 Å². The normalized spacial score (nSPS) is 13.1. The standard InChI is InChI=1S/C23H37NO5/c1-7-10-14-28-20-12-11-18(15-19(20)21(25)27-9-3)24-22(26)23(6,16-17(4)5)29-13-8-2/h11-12,15,17H,7-10,13-14,16H2,1-6H3,(H,24,26)/t23-/m0/s1. The Hall–Kier alpha value is -2.08. The monoisotopic (exact) mass is 407 g/mol. The topological polar surface area (TPSA) is 73.9 Å². The van der Waals surface area contributed by atoms with Crippen LogP contribution in [0, 0.1) is 5.92 Å². The number of carbonyl (C=O) groups excluding carboxylic acids is 2. The highest BCUT2D eigenvalue weighted by atomic mass is 16.5. The van der Waals surface area contributed by atoms with Crippen LogP contribution in [0.2, 0.25) is 0 Å². The van der Waals surface area contributed by atoms with Crippen LogP contribution in [0.25, 0.3) is 0 Å². The molecule has 0 aliphatic heterocycles. The van der Waals surface area contributed by atoms with Crippen molar-refractivity contribution in [2.24, 2.45) is 5.92 Å². The third-order valence-corrected chi connectivity index (χ3v) is 4.39. The fourth-order valence-electron chi connectivity index (χ4n) is 3.02. The third kappa shape index (κ3) is 8.05. The van der Waals surface area contributed by atoms with Crippen LogP contribution >= 0.6 is 0 Å². The van der Waals surface area contributed by atoms with Crippen molar-refractivity contribution in [3.05, 3.63) is 23.8 Å². The van der Waals surface area contributed by atoms with Gasteiger partial charge in [-0.05, 0) is 57.2 Å². The molecular formula is C23H37NO5. The van der Waals surface area contributed by atoms with Gasteiger partial charge in [0.1, 0.15) is 16.9 Å². The highest BCUT2D eigenvalue weighted by Crippen LogP contribution is 2.27. The number of carbonyl (C=O) groups is 2. The number of hydrogen-bond acceptors (Lipinski definition) is 5. The Labute approximate surface area is 175 Å². The molecule has 1 aromatic carbocycles. The van der Waals surface area contributed by atoms with Crippen molar-refractivity contribution < 1.29 is 23.8 Å². The third-order valence-electron chi connectivity index (χ3n) is 4.39. The second-order valence-corrected chi connectivity index (χ2v) is 7.76. The zero-order valence-corrected chi connectivity index (χ0v) is 18.8. The molecule has 1 amide bonds. The number of nitrogens with one attached hydrogen (secondary N) is 1. The molecule has 1 N–H and O–H groups in total. The highest BCUT2D eigenvalue weighted by molar-refractivity contribution is 5.99. The van der Waals surface area contributed by atoms with Gasteiger partial charge < -0.3 is 19.5 Å². The van der Waals surface area contributed by atoms with Gasteiger partial charge in [0, 0.05) is 12.3 Å². The predicted octanol–water partition coefficient (Wildman–Crippen LogP) is 5.21. The maximum absolute atomic E-state index is 13.0. The first-order valence-corrected chi connectivity index (χ1v) is 10.7. The first kappa shape index (κ1) is 25.0. The quantitative estimate of drug-likeness (QED) is 0.359. The SMILES string of the molecule is CCCCOc1ccc(NC(=O)[C@](C)(CC(C)C)OCCC)cc1C(=O)OCC. The van der Waals surface area contributed by atoms with Crippen molar-refractivity contribution in [1.29, 1.82) is 0 Å². The first-order chi connectivity index (χ1) is 13.8. The molecule has 1 atom stereocenters. The average Bonchev–Trinajstić information content (AvgIpc) is 2.67. The Bertz CT molecular complexity index is 659. The fourth-order valence-corrected chi connectivity index (χ4v) is 3.02. The minimum atomic E-state index is -0.940. The van der Waals surface area contributed by atoms with Crippen LogP contribution in [0.3, 0.4) is 0 Å². The van der Waals surface area contributed by atoms with Crippen LogP contribution in [-0.2, 0) is 14.3 Å². The molecule has 6 heteroatoms. The number of ether oxygens (including phenoxy) is 3. The zero-order valence-electron chi connectivity index (χ0n) is 18.8. The summed E-state index contributed by atoms with van der Waals surface area (Å²) >= 11 is 0. The summed E-state index contributed by atoms with van der Waals surface area (Å²) in [7, 11) is 0. The highest BCUT2D eigenvalue weighted by Gasteiger charge is 2.35. The van der Waals surface area contributed by atoms with Gasteiger partial charge in [0.05, 0.1) is 13.2 Å². The molecule has 0 fully saturated rings. The summed E-state index contributed by atoms with van der Waals surface area (Å²) in [5.41, 5.74) is -0.123. The first-order valence-electron chi connectivity index (χ1n) is 10.7. The molecule has 0 radical (unpaired) electrons. The molecule has 0 saturated carbocycles. The molecule has 0 unspecified atom stereocenters. The molecule has 6 nitrogen and oxygen atoms in total. The lowest BCUT2D eigenvalue weighted by atomic mass is 9.93. The van der Waals surface area contributed by atoms with E-state index in [0.29, 0.717) is 42.6 Å². The Morgan fingerprint density at radius 3 is 2.41 bits per heavy atom. The van der Waals surface area contributed by atoms with Gasteiger partial charge in [-0.1, -0.05) is 34.1 Å². The average molecular weight is 408 g/mol. The second kappa shape index (κ2) is 12.5.